The van der Waals surface area contributed by atoms with Crippen LogP contribution in [-0.2, 0) is 4.79 Å². The molecule has 1 saturated heterocycles. The molecular formula is C18H19N5O. The van der Waals surface area contributed by atoms with Crippen LogP contribution in [0.4, 0.5) is 0 Å². The number of fused-ring (bicyclic) bond motifs is 3. The molecule has 4 heterocycles. The van der Waals surface area contributed by atoms with Crippen LogP contribution in [0.1, 0.15) is 37.3 Å². The van der Waals surface area contributed by atoms with Crippen molar-refractivity contribution in [2.24, 2.45) is 5.92 Å². The molecule has 2 aliphatic rings. The van der Waals surface area contributed by atoms with Crippen molar-refractivity contribution in [1.82, 2.24) is 24.8 Å². The second-order valence-electron chi connectivity index (χ2n) is 6.91. The number of hydrogen-bond acceptors (Lipinski definition) is 4. The van der Waals surface area contributed by atoms with Crippen molar-refractivity contribution in [3.63, 3.8) is 0 Å². The van der Waals surface area contributed by atoms with Gasteiger partial charge in [0.1, 0.15) is 12.0 Å². The Kier molecular flexibility index (Phi) is 3.04. The summed E-state index contributed by atoms with van der Waals surface area (Å²) in [6.45, 7) is 1.66. The number of piperidine rings is 1. The molecule has 0 spiro atoms. The average Bonchev–Trinajstić information content (AvgIpc) is 3.37. The van der Waals surface area contributed by atoms with Crippen LogP contribution in [0.3, 0.4) is 0 Å². The zero-order valence-electron chi connectivity index (χ0n) is 13.4. The van der Waals surface area contributed by atoms with E-state index < -0.39 is 0 Å². The molecule has 5 rings (SSSR count). The van der Waals surface area contributed by atoms with Gasteiger partial charge in [0.25, 0.3) is 0 Å². The van der Waals surface area contributed by atoms with Crippen LogP contribution in [0.25, 0.3) is 21.9 Å². The van der Waals surface area contributed by atoms with Gasteiger partial charge in [0.05, 0.1) is 17.4 Å². The Balaban J connectivity index is 1.58. The van der Waals surface area contributed by atoms with Crippen molar-refractivity contribution in [1.29, 1.82) is 0 Å². The first-order valence-electron chi connectivity index (χ1n) is 8.67. The lowest BCUT2D eigenvalue weighted by molar-refractivity contribution is -0.133. The van der Waals surface area contributed by atoms with Gasteiger partial charge < -0.3 is 9.88 Å². The van der Waals surface area contributed by atoms with E-state index in [1.807, 2.05) is 12.3 Å². The van der Waals surface area contributed by atoms with Gasteiger partial charge in [-0.05, 0) is 31.7 Å². The lowest BCUT2D eigenvalue weighted by Crippen LogP contribution is -2.40. The largest absolute Gasteiger partial charge is 0.346 e. The van der Waals surface area contributed by atoms with Crippen molar-refractivity contribution < 1.29 is 4.79 Å². The van der Waals surface area contributed by atoms with Crippen LogP contribution in [0, 0.1) is 5.92 Å². The fourth-order valence-electron chi connectivity index (χ4n) is 3.88. The highest BCUT2D eigenvalue weighted by Gasteiger charge is 2.36. The highest BCUT2D eigenvalue weighted by molar-refractivity contribution is 6.04. The Hall–Kier alpha value is -2.50. The van der Waals surface area contributed by atoms with E-state index in [1.165, 1.54) is 0 Å². The minimum Gasteiger partial charge on any atom is -0.346 e. The van der Waals surface area contributed by atoms with Gasteiger partial charge in [0.2, 0.25) is 5.91 Å². The van der Waals surface area contributed by atoms with Crippen molar-refractivity contribution in [3.8, 4) is 0 Å². The number of aromatic nitrogens is 4. The van der Waals surface area contributed by atoms with Crippen molar-refractivity contribution >= 4 is 27.8 Å². The topological polar surface area (TPSA) is 74.8 Å². The van der Waals surface area contributed by atoms with Gasteiger partial charge in [0, 0.05) is 41.9 Å². The molecule has 24 heavy (non-hydrogen) atoms. The highest BCUT2D eigenvalue weighted by Crippen LogP contribution is 2.36. The SMILES string of the molecule is O=C(C1CC1)N1CCCC(c2ncnc3cnc4[nH]ccc4c23)C1. The number of nitrogens with one attached hydrogen (secondary N) is 1. The van der Waals surface area contributed by atoms with Gasteiger partial charge in [-0.25, -0.2) is 15.0 Å². The fraction of sp³-hybridized carbons (Fsp3) is 0.444. The van der Waals surface area contributed by atoms with E-state index >= 15 is 0 Å². The van der Waals surface area contributed by atoms with Crippen molar-refractivity contribution in [2.45, 2.75) is 31.6 Å². The van der Waals surface area contributed by atoms with E-state index in [0.29, 0.717) is 5.91 Å². The molecule has 1 atom stereocenters. The predicted molar refractivity (Wildman–Crippen MR) is 90.5 cm³/mol. The van der Waals surface area contributed by atoms with Crippen LogP contribution in [-0.4, -0.2) is 43.8 Å². The van der Waals surface area contributed by atoms with E-state index in [0.717, 1.165) is 66.4 Å². The van der Waals surface area contributed by atoms with Crippen LogP contribution in [0.5, 0.6) is 0 Å². The molecule has 1 unspecified atom stereocenters. The quantitative estimate of drug-likeness (QED) is 0.787. The standard InChI is InChI=1S/C18H19N5O/c24-18(11-3-4-11)23-7-1-2-12(9-23)16-15-13-5-6-19-17(13)20-8-14(15)21-10-22-16/h5-6,8,10-12H,1-4,7,9H2,(H,19,20). The number of H-pyrrole nitrogens is 1. The maximum absolute atomic E-state index is 12.5. The van der Waals surface area contributed by atoms with Crippen LogP contribution in [0.15, 0.2) is 24.8 Å². The molecule has 1 amide bonds. The number of rotatable bonds is 2. The zero-order valence-corrected chi connectivity index (χ0v) is 13.4. The van der Waals surface area contributed by atoms with Crippen LogP contribution in [0.2, 0.25) is 0 Å². The number of amides is 1. The summed E-state index contributed by atoms with van der Waals surface area (Å²) in [5.74, 6) is 0.894. The van der Waals surface area contributed by atoms with Gasteiger partial charge in [-0.3, -0.25) is 4.79 Å². The number of likely N-dealkylation sites (tertiary alicyclic amines) is 1. The Morgan fingerprint density at radius 1 is 1.21 bits per heavy atom. The normalized spacial score (nSPS) is 21.5. The summed E-state index contributed by atoms with van der Waals surface area (Å²) >= 11 is 0. The van der Waals surface area contributed by atoms with Gasteiger partial charge >= 0.3 is 0 Å². The first-order chi connectivity index (χ1) is 11.8. The monoisotopic (exact) mass is 321 g/mol. The molecule has 1 N–H and O–H groups in total. The lowest BCUT2D eigenvalue weighted by atomic mass is 9.91. The zero-order chi connectivity index (χ0) is 16.1. The van der Waals surface area contributed by atoms with E-state index in [4.69, 9.17) is 0 Å². The van der Waals surface area contributed by atoms with Gasteiger partial charge in [-0.15, -0.1) is 0 Å². The molecule has 0 aromatic carbocycles. The molecule has 0 bridgehead atoms. The summed E-state index contributed by atoms with van der Waals surface area (Å²) in [6.07, 6.45) is 9.55. The third-order valence-corrected chi connectivity index (χ3v) is 5.26. The number of hydrogen-bond donors (Lipinski definition) is 1. The number of carbonyl (C=O) groups excluding carboxylic acids is 1. The second-order valence-corrected chi connectivity index (χ2v) is 6.91. The Morgan fingerprint density at radius 2 is 2.12 bits per heavy atom. The molecule has 2 fully saturated rings. The molecule has 3 aromatic rings. The predicted octanol–water partition coefficient (Wildman–Crippen LogP) is 2.62. The smallest absolute Gasteiger partial charge is 0.225 e. The van der Waals surface area contributed by atoms with Crippen molar-refractivity contribution in [3.05, 3.63) is 30.5 Å². The Bertz CT molecular complexity index is 929. The third-order valence-electron chi connectivity index (χ3n) is 5.26. The fourth-order valence-corrected chi connectivity index (χ4v) is 3.88. The summed E-state index contributed by atoms with van der Waals surface area (Å²) in [5, 5.41) is 2.14. The first-order valence-corrected chi connectivity index (χ1v) is 8.67. The number of aromatic amines is 1. The van der Waals surface area contributed by atoms with E-state index in [-0.39, 0.29) is 11.8 Å². The molecule has 0 radical (unpaired) electrons. The Labute approximate surface area is 139 Å². The van der Waals surface area contributed by atoms with E-state index in [9.17, 15) is 4.79 Å². The van der Waals surface area contributed by atoms with Gasteiger partial charge in [0.15, 0.2) is 0 Å². The van der Waals surface area contributed by atoms with E-state index in [1.54, 1.807) is 12.5 Å². The summed E-state index contributed by atoms with van der Waals surface area (Å²) in [4.78, 5) is 31.1. The molecule has 1 aliphatic carbocycles. The highest BCUT2D eigenvalue weighted by atomic mass is 16.2. The number of carbonyl (C=O) groups is 1. The Morgan fingerprint density at radius 3 is 3.00 bits per heavy atom. The average molecular weight is 321 g/mol. The van der Waals surface area contributed by atoms with Crippen molar-refractivity contribution in [2.75, 3.05) is 13.1 Å². The summed E-state index contributed by atoms with van der Waals surface area (Å²) in [5.41, 5.74) is 2.79. The molecular weight excluding hydrogens is 302 g/mol. The minimum absolute atomic E-state index is 0.271. The second kappa shape index (κ2) is 5.26. The molecule has 6 nitrogen and oxygen atoms in total. The number of nitrogens with zero attached hydrogens (tertiary/aromatic N) is 4. The first kappa shape index (κ1) is 13.9. The minimum atomic E-state index is 0.271. The summed E-state index contributed by atoms with van der Waals surface area (Å²) in [7, 11) is 0. The summed E-state index contributed by atoms with van der Waals surface area (Å²) < 4.78 is 0. The molecule has 3 aromatic heterocycles. The van der Waals surface area contributed by atoms with Crippen LogP contribution < -0.4 is 0 Å². The van der Waals surface area contributed by atoms with Gasteiger partial charge in [-0.1, -0.05) is 0 Å². The maximum Gasteiger partial charge on any atom is 0.225 e. The lowest BCUT2D eigenvalue weighted by Gasteiger charge is -2.33. The van der Waals surface area contributed by atoms with Crippen LogP contribution >= 0.6 is 0 Å². The molecule has 1 aliphatic heterocycles. The molecule has 122 valence electrons. The maximum atomic E-state index is 12.5. The molecule has 1 saturated carbocycles. The van der Waals surface area contributed by atoms with Gasteiger partial charge in [-0.2, -0.15) is 0 Å². The molecule has 6 heteroatoms. The van der Waals surface area contributed by atoms with E-state index in [2.05, 4.69) is 24.8 Å². The number of pyridine rings is 1. The third kappa shape index (κ3) is 2.17. The summed E-state index contributed by atoms with van der Waals surface area (Å²) in [6, 6.07) is 2.04.